The number of aromatic nitrogens is 4. The number of rotatable bonds is 7. The molecule has 1 saturated heterocycles. The Hall–Kier alpha value is -4.59. The van der Waals surface area contributed by atoms with Crippen molar-refractivity contribution in [1.29, 1.82) is 0 Å². The number of ether oxygens (including phenoxy) is 1. The summed E-state index contributed by atoms with van der Waals surface area (Å²) in [6.07, 6.45) is 2.21. The molecule has 0 radical (unpaired) electrons. The van der Waals surface area contributed by atoms with Gasteiger partial charge < -0.3 is 25.4 Å². The first-order valence-electron chi connectivity index (χ1n) is 15.4. The molecule has 3 N–H and O–H groups in total. The summed E-state index contributed by atoms with van der Waals surface area (Å²) < 4.78 is 22.2. The Balaban J connectivity index is 1.31. The predicted octanol–water partition coefficient (Wildman–Crippen LogP) is 1.81. The quantitative estimate of drug-likeness (QED) is 0.354. The highest BCUT2D eigenvalue weighted by molar-refractivity contribution is 5.97. The maximum absolute atomic E-state index is 14.1. The SMILES string of the molecule is CO[C@H]1CC(C(=O)NC23CCC(CC2)Cn2c3nc(C(=O)NCc3ccc(F)c(C)c3)c(O)c2=O)N(C(=O)c2cc(C)n(C)n2)C1. The van der Waals surface area contributed by atoms with Crippen molar-refractivity contribution in [1.82, 2.24) is 34.9 Å². The van der Waals surface area contributed by atoms with E-state index >= 15 is 0 Å². The Bertz CT molecular complexity index is 1760. The number of nitrogens with zero attached hydrogens (tertiary/aromatic N) is 5. The second-order valence-electron chi connectivity index (χ2n) is 12.7. The molecule has 1 saturated carbocycles. The third kappa shape index (κ3) is 5.54. The number of amides is 3. The highest BCUT2D eigenvalue weighted by atomic mass is 19.1. The van der Waals surface area contributed by atoms with Gasteiger partial charge in [0.05, 0.1) is 11.6 Å². The molecule has 3 amide bonds. The van der Waals surface area contributed by atoms with Crippen LogP contribution in [-0.2, 0) is 35.2 Å². The van der Waals surface area contributed by atoms with Gasteiger partial charge >= 0.3 is 0 Å². The van der Waals surface area contributed by atoms with Crippen LogP contribution in [0.2, 0.25) is 0 Å². The van der Waals surface area contributed by atoms with Crippen LogP contribution in [0.25, 0.3) is 0 Å². The lowest BCUT2D eigenvalue weighted by Crippen LogP contribution is -2.55. The molecular weight excluding hydrogens is 597 g/mol. The van der Waals surface area contributed by atoms with Crippen LogP contribution in [0.4, 0.5) is 4.39 Å². The first-order valence-corrected chi connectivity index (χ1v) is 15.4. The van der Waals surface area contributed by atoms with Gasteiger partial charge in [-0.2, -0.15) is 5.10 Å². The monoisotopic (exact) mass is 635 g/mol. The number of likely N-dealkylation sites (tertiary alicyclic amines) is 1. The van der Waals surface area contributed by atoms with E-state index in [2.05, 4.69) is 20.7 Å². The van der Waals surface area contributed by atoms with Crippen LogP contribution in [0.5, 0.6) is 5.75 Å². The van der Waals surface area contributed by atoms with Gasteiger partial charge in [-0.05, 0) is 68.7 Å². The van der Waals surface area contributed by atoms with Crippen molar-refractivity contribution in [2.75, 3.05) is 13.7 Å². The van der Waals surface area contributed by atoms with Gasteiger partial charge in [0, 0.05) is 45.9 Å². The first kappa shape index (κ1) is 31.4. The fourth-order valence-electron chi connectivity index (χ4n) is 6.91. The first-order chi connectivity index (χ1) is 21.9. The molecule has 2 atom stereocenters. The molecule has 1 unspecified atom stereocenters. The van der Waals surface area contributed by atoms with Crippen molar-refractivity contribution in [3.63, 3.8) is 0 Å². The van der Waals surface area contributed by atoms with E-state index in [-0.39, 0.29) is 54.8 Å². The van der Waals surface area contributed by atoms with E-state index in [1.165, 1.54) is 28.7 Å². The molecule has 1 aromatic carbocycles. The molecule has 7 rings (SSSR count). The van der Waals surface area contributed by atoms with E-state index in [0.717, 1.165) is 5.69 Å². The molecular formula is C32H38FN7O6. The maximum Gasteiger partial charge on any atom is 0.296 e. The van der Waals surface area contributed by atoms with Crippen molar-refractivity contribution in [2.24, 2.45) is 13.0 Å². The van der Waals surface area contributed by atoms with Crippen LogP contribution >= 0.6 is 0 Å². The van der Waals surface area contributed by atoms with Crippen molar-refractivity contribution in [3.05, 3.63) is 74.5 Å². The average molecular weight is 636 g/mol. The molecule has 1 aliphatic carbocycles. The molecule has 4 aliphatic rings. The molecule has 13 nitrogen and oxygen atoms in total. The summed E-state index contributed by atoms with van der Waals surface area (Å²) in [5, 5.41) is 21.0. The van der Waals surface area contributed by atoms with Gasteiger partial charge in [0.25, 0.3) is 17.4 Å². The van der Waals surface area contributed by atoms with Crippen LogP contribution < -0.4 is 16.2 Å². The van der Waals surface area contributed by atoms with Crippen molar-refractivity contribution in [3.8, 4) is 5.75 Å². The standard InChI is InChI=1S/C32H38FN7O6/c1-17-11-20(5-6-22(17)33)14-34-28(43)25-26(41)30(45)40-15-19-7-9-32(10-8-19,31(40)35-25)36-27(42)24-13-21(46-4)16-39(24)29(44)23-12-18(2)38(3)37-23/h5-6,11-12,19,21,24,41H,7-10,13-16H2,1-4H3,(H,34,43)(H,36,42)/t19?,21-,24?,32?/m0/s1. The molecule has 2 aromatic heterocycles. The molecule has 46 heavy (non-hydrogen) atoms. The average Bonchev–Trinajstić information content (AvgIpc) is 3.54. The van der Waals surface area contributed by atoms with Crippen LogP contribution in [0, 0.1) is 25.6 Å². The molecule has 14 heteroatoms. The lowest BCUT2D eigenvalue weighted by Gasteiger charge is -2.38. The minimum absolute atomic E-state index is 0.0193. The van der Waals surface area contributed by atoms with Gasteiger partial charge in [-0.25, -0.2) is 9.37 Å². The normalized spacial score (nSPS) is 23.6. The lowest BCUT2D eigenvalue weighted by molar-refractivity contribution is -0.127. The molecule has 244 valence electrons. The number of methoxy groups -OCH3 is 1. The van der Waals surface area contributed by atoms with Crippen molar-refractivity contribution >= 4 is 17.7 Å². The molecule has 2 bridgehead atoms. The van der Waals surface area contributed by atoms with E-state index in [9.17, 15) is 28.7 Å². The summed E-state index contributed by atoms with van der Waals surface area (Å²) in [6.45, 7) is 3.96. The third-order valence-corrected chi connectivity index (χ3v) is 9.72. The number of nitrogens with one attached hydrogen (secondary N) is 2. The lowest BCUT2D eigenvalue weighted by atomic mass is 9.77. The molecule has 2 fully saturated rings. The van der Waals surface area contributed by atoms with Crippen LogP contribution in [0.3, 0.4) is 0 Å². The summed E-state index contributed by atoms with van der Waals surface area (Å²) >= 11 is 0. The van der Waals surface area contributed by atoms with E-state index in [1.807, 2.05) is 6.92 Å². The van der Waals surface area contributed by atoms with Gasteiger partial charge in [0.15, 0.2) is 11.4 Å². The number of carbonyl (C=O) groups is 3. The molecule has 0 spiro atoms. The van der Waals surface area contributed by atoms with Crippen molar-refractivity contribution < 1.29 is 28.6 Å². The zero-order valence-electron chi connectivity index (χ0n) is 26.3. The summed E-state index contributed by atoms with van der Waals surface area (Å²) in [4.78, 5) is 60.5. The summed E-state index contributed by atoms with van der Waals surface area (Å²) in [5.74, 6) is -2.41. The van der Waals surface area contributed by atoms with Crippen LogP contribution in [-0.4, -0.2) is 72.9 Å². The number of benzene rings is 1. The van der Waals surface area contributed by atoms with Crippen molar-refractivity contribution in [2.45, 2.75) is 76.7 Å². The smallest absolute Gasteiger partial charge is 0.296 e. The summed E-state index contributed by atoms with van der Waals surface area (Å²) in [5.41, 5.74) is -0.250. The topological polar surface area (TPSA) is 161 Å². The van der Waals surface area contributed by atoms with Gasteiger partial charge in [0.2, 0.25) is 11.7 Å². The van der Waals surface area contributed by atoms with E-state index in [0.29, 0.717) is 43.4 Å². The number of hydrogen-bond acceptors (Lipinski definition) is 8. The van der Waals surface area contributed by atoms with Gasteiger partial charge in [-0.15, -0.1) is 0 Å². The van der Waals surface area contributed by atoms with Gasteiger partial charge in [0.1, 0.15) is 17.7 Å². The van der Waals surface area contributed by atoms with Gasteiger partial charge in [-0.1, -0.05) is 12.1 Å². The molecule has 3 aliphatic heterocycles. The van der Waals surface area contributed by atoms with Crippen LogP contribution in [0.1, 0.15) is 75.7 Å². The number of aryl methyl sites for hydroxylation is 3. The predicted molar refractivity (Wildman–Crippen MR) is 162 cm³/mol. The second-order valence-corrected chi connectivity index (χ2v) is 12.7. The highest BCUT2D eigenvalue weighted by Gasteiger charge is 2.49. The van der Waals surface area contributed by atoms with E-state index in [4.69, 9.17) is 4.74 Å². The zero-order chi connectivity index (χ0) is 32.9. The number of carbonyl (C=O) groups excluding carboxylic acids is 3. The Labute approximate surface area is 264 Å². The second kappa shape index (κ2) is 12.0. The molecule has 3 aromatic rings. The fourth-order valence-corrected chi connectivity index (χ4v) is 6.91. The van der Waals surface area contributed by atoms with Crippen LogP contribution in [0.15, 0.2) is 29.1 Å². The maximum atomic E-state index is 14.1. The fraction of sp³-hybridized carbons (Fsp3) is 0.500. The Morgan fingerprint density at radius 1 is 1.15 bits per heavy atom. The highest BCUT2D eigenvalue weighted by Crippen LogP contribution is 2.43. The number of aromatic hydroxyl groups is 1. The van der Waals surface area contributed by atoms with Gasteiger partial charge in [-0.3, -0.25) is 28.4 Å². The number of hydrogen-bond donors (Lipinski definition) is 3. The summed E-state index contributed by atoms with van der Waals surface area (Å²) in [6, 6.07) is 5.24. The minimum atomic E-state index is -1.11. The van der Waals surface area contributed by atoms with E-state index in [1.54, 1.807) is 30.8 Å². The third-order valence-electron chi connectivity index (χ3n) is 9.72. The minimum Gasteiger partial charge on any atom is -0.501 e. The Morgan fingerprint density at radius 3 is 2.54 bits per heavy atom. The van der Waals surface area contributed by atoms with E-state index < -0.39 is 40.4 Å². The summed E-state index contributed by atoms with van der Waals surface area (Å²) in [7, 11) is 3.27. The largest absolute Gasteiger partial charge is 0.501 e. The Kier molecular flexibility index (Phi) is 8.17. The Morgan fingerprint density at radius 2 is 1.89 bits per heavy atom. The zero-order valence-corrected chi connectivity index (χ0v) is 26.3. The molecule has 5 heterocycles. The number of halogens is 1. The number of fused-ring (bicyclic) bond motifs is 2.